The zero-order chi connectivity index (χ0) is 21.1. The average molecular weight is 417 g/mol. The molecular formula is C24H20N2O3S. The Balaban J connectivity index is 1.74. The molecule has 0 aliphatic carbocycles. The fraction of sp³-hybridized carbons (Fsp3) is 0.125. The average Bonchev–Trinajstić information content (AvgIpc) is 3.20. The molecule has 0 spiro atoms. The molecular weight excluding hydrogens is 396 g/mol. The van der Waals surface area contributed by atoms with Crippen LogP contribution in [0.3, 0.4) is 0 Å². The summed E-state index contributed by atoms with van der Waals surface area (Å²) in [4.78, 5) is 31.4. The molecule has 0 N–H and O–H groups in total. The van der Waals surface area contributed by atoms with Gasteiger partial charge in [0.05, 0.1) is 23.9 Å². The second-order valence-corrected chi connectivity index (χ2v) is 7.85. The Hall–Kier alpha value is -3.51. The van der Waals surface area contributed by atoms with E-state index < -0.39 is 0 Å². The van der Waals surface area contributed by atoms with Gasteiger partial charge in [-0.3, -0.25) is 14.5 Å². The van der Waals surface area contributed by atoms with E-state index in [-0.39, 0.29) is 11.7 Å². The number of hydrogen-bond acceptors (Lipinski definition) is 5. The molecule has 0 unspecified atom stereocenters. The van der Waals surface area contributed by atoms with Crippen molar-refractivity contribution in [1.82, 2.24) is 4.98 Å². The number of carbonyl (C=O) groups excluding carboxylic acids is 2. The molecule has 0 saturated carbocycles. The highest BCUT2D eigenvalue weighted by Gasteiger charge is 2.22. The lowest BCUT2D eigenvalue weighted by atomic mass is 10.1. The van der Waals surface area contributed by atoms with Gasteiger partial charge in [-0.05, 0) is 36.8 Å². The van der Waals surface area contributed by atoms with Gasteiger partial charge in [0, 0.05) is 17.2 Å². The first-order valence-corrected chi connectivity index (χ1v) is 10.3. The minimum Gasteiger partial charge on any atom is -0.497 e. The van der Waals surface area contributed by atoms with Crippen molar-refractivity contribution in [3.8, 4) is 5.75 Å². The number of carbonyl (C=O) groups is 2. The van der Waals surface area contributed by atoms with Gasteiger partial charge in [-0.1, -0.05) is 53.8 Å². The lowest BCUT2D eigenvalue weighted by Crippen LogP contribution is -2.30. The lowest BCUT2D eigenvalue weighted by molar-refractivity contribution is 0.0981. The zero-order valence-electron chi connectivity index (χ0n) is 16.7. The summed E-state index contributed by atoms with van der Waals surface area (Å²) in [5, 5.41) is 0.614. The third-order valence-corrected chi connectivity index (χ3v) is 5.84. The first-order chi connectivity index (χ1) is 14.5. The van der Waals surface area contributed by atoms with Crippen LogP contribution in [0.15, 0.2) is 72.8 Å². The fourth-order valence-electron chi connectivity index (χ4n) is 3.13. The number of ketones is 1. The number of rotatable bonds is 6. The molecule has 0 aliphatic heterocycles. The van der Waals surface area contributed by atoms with Crippen molar-refractivity contribution in [2.24, 2.45) is 0 Å². The molecule has 1 amide bonds. The number of anilines is 1. The van der Waals surface area contributed by atoms with Crippen LogP contribution in [0.5, 0.6) is 5.75 Å². The van der Waals surface area contributed by atoms with Crippen LogP contribution in [0.25, 0.3) is 10.2 Å². The van der Waals surface area contributed by atoms with Crippen molar-refractivity contribution in [2.45, 2.75) is 13.5 Å². The van der Waals surface area contributed by atoms with Crippen molar-refractivity contribution < 1.29 is 14.3 Å². The first kappa shape index (κ1) is 19.8. The van der Waals surface area contributed by atoms with E-state index in [4.69, 9.17) is 9.72 Å². The molecule has 3 aromatic carbocycles. The minimum atomic E-state index is -0.167. The zero-order valence-corrected chi connectivity index (χ0v) is 17.5. The van der Waals surface area contributed by atoms with Gasteiger partial charge >= 0.3 is 0 Å². The van der Waals surface area contributed by atoms with Crippen LogP contribution in [-0.4, -0.2) is 23.8 Å². The van der Waals surface area contributed by atoms with Crippen molar-refractivity contribution in [1.29, 1.82) is 0 Å². The molecule has 0 saturated heterocycles. The maximum atomic E-state index is 13.4. The number of hydrogen-bond donors (Lipinski definition) is 0. The van der Waals surface area contributed by atoms with E-state index in [0.29, 0.717) is 22.8 Å². The molecule has 0 aliphatic rings. The largest absolute Gasteiger partial charge is 0.497 e. The highest BCUT2D eigenvalue weighted by Crippen LogP contribution is 2.32. The maximum absolute atomic E-state index is 13.4. The normalized spacial score (nSPS) is 10.7. The molecule has 0 fully saturated rings. The third-order valence-electron chi connectivity index (χ3n) is 4.78. The van der Waals surface area contributed by atoms with Gasteiger partial charge in [0.1, 0.15) is 5.75 Å². The molecule has 0 radical (unpaired) electrons. The van der Waals surface area contributed by atoms with Crippen molar-refractivity contribution in [3.63, 3.8) is 0 Å². The van der Waals surface area contributed by atoms with Crippen molar-refractivity contribution >= 4 is 38.4 Å². The second kappa shape index (κ2) is 8.47. The fourth-order valence-corrected chi connectivity index (χ4v) is 4.08. The van der Waals surface area contributed by atoms with Crippen LogP contribution in [0.4, 0.5) is 5.13 Å². The number of aromatic nitrogens is 1. The minimum absolute atomic E-state index is 0.0322. The summed E-state index contributed by atoms with van der Waals surface area (Å²) in [5.74, 6) is 0.523. The molecule has 6 heteroatoms. The van der Waals surface area contributed by atoms with E-state index in [1.54, 1.807) is 36.3 Å². The quantitative estimate of drug-likeness (QED) is 0.397. The van der Waals surface area contributed by atoms with Gasteiger partial charge in [0.2, 0.25) is 0 Å². The molecule has 4 aromatic rings. The van der Waals surface area contributed by atoms with Crippen LogP contribution in [0, 0.1) is 0 Å². The van der Waals surface area contributed by atoms with Crippen molar-refractivity contribution in [2.75, 3.05) is 12.0 Å². The molecule has 30 heavy (non-hydrogen) atoms. The van der Waals surface area contributed by atoms with E-state index in [9.17, 15) is 9.59 Å². The standard InChI is InChI=1S/C24H20N2O3S/c1-16(27)18-8-10-19(11-9-18)23(28)26(15-17-6-4-3-5-7-17)24-25-21-14-20(29-2)12-13-22(21)30-24/h3-14H,15H2,1-2H3. The van der Waals surface area contributed by atoms with E-state index >= 15 is 0 Å². The maximum Gasteiger partial charge on any atom is 0.260 e. The smallest absolute Gasteiger partial charge is 0.260 e. The predicted octanol–water partition coefficient (Wildman–Crippen LogP) is 5.35. The van der Waals surface area contributed by atoms with Crippen LogP contribution in [-0.2, 0) is 6.54 Å². The van der Waals surface area contributed by atoms with Gasteiger partial charge in [-0.15, -0.1) is 0 Å². The topological polar surface area (TPSA) is 59.5 Å². The number of amides is 1. The highest BCUT2D eigenvalue weighted by molar-refractivity contribution is 7.22. The Labute approximate surface area is 178 Å². The molecule has 5 nitrogen and oxygen atoms in total. The predicted molar refractivity (Wildman–Crippen MR) is 120 cm³/mol. The van der Waals surface area contributed by atoms with Gasteiger partial charge in [0.25, 0.3) is 5.91 Å². The van der Waals surface area contributed by atoms with E-state index in [1.807, 2.05) is 48.5 Å². The number of fused-ring (bicyclic) bond motifs is 1. The second-order valence-electron chi connectivity index (χ2n) is 6.84. The van der Waals surface area contributed by atoms with Crippen molar-refractivity contribution in [3.05, 3.63) is 89.5 Å². The highest BCUT2D eigenvalue weighted by atomic mass is 32.1. The lowest BCUT2D eigenvalue weighted by Gasteiger charge is -2.20. The van der Waals surface area contributed by atoms with E-state index in [0.717, 1.165) is 21.5 Å². The Kier molecular flexibility index (Phi) is 5.59. The first-order valence-electron chi connectivity index (χ1n) is 9.46. The van der Waals surface area contributed by atoms with E-state index in [1.165, 1.54) is 18.3 Å². The molecule has 4 rings (SSSR count). The Bertz CT molecular complexity index is 1200. The number of thiazole rings is 1. The van der Waals surface area contributed by atoms with Crippen LogP contribution in [0.2, 0.25) is 0 Å². The van der Waals surface area contributed by atoms with E-state index in [2.05, 4.69) is 0 Å². The molecule has 1 aromatic heterocycles. The Morgan fingerprint density at radius 1 is 0.967 bits per heavy atom. The summed E-state index contributed by atoms with van der Waals surface area (Å²) in [6.07, 6.45) is 0. The monoisotopic (exact) mass is 416 g/mol. The Morgan fingerprint density at radius 3 is 2.33 bits per heavy atom. The number of methoxy groups -OCH3 is 1. The van der Waals surface area contributed by atoms with Gasteiger partial charge in [-0.2, -0.15) is 0 Å². The molecule has 0 bridgehead atoms. The third kappa shape index (κ3) is 4.09. The van der Waals surface area contributed by atoms with Crippen LogP contribution in [0.1, 0.15) is 33.2 Å². The van der Waals surface area contributed by atoms with Crippen LogP contribution >= 0.6 is 11.3 Å². The van der Waals surface area contributed by atoms with Crippen LogP contribution < -0.4 is 9.64 Å². The van der Waals surface area contributed by atoms with Gasteiger partial charge in [-0.25, -0.2) is 4.98 Å². The molecule has 1 heterocycles. The number of ether oxygens (including phenoxy) is 1. The summed E-state index contributed by atoms with van der Waals surface area (Å²) < 4.78 is 6.27. The Morgan fingerprint density at radius 2 is 1.67 bits per heavy atom. The summed E-state index contributed by atoms with van der Waals surface area (Å²) in [6, 6.07) is 22.2. The molecule has 150 valence electrons. The van der Waals surface area contributed by atoms with Gasteiger partial charge < -0.3 is 4.74 Å². The molecule has 0 atom stereocenters. The summed E-state index contributed by atoms with van der Waals surface area (Å²) in [7, 11) is 1.62. The SMILES string of the molecule is COc1ccc2sc(N(Cc3ccccc3)C(=O)c3ccc(C(C)=O)cc3)nc2c1. The number of benzene rings is 3. The summed E-state index contributed by atoms with van der Waals surface area (Å²) >= 11 is 1.46. The summed E-state index contributed by atoms with van der Waals surface area (Å²) in [5.41, 5.74) is 2.87. The number of Topliss-reactive ketones (excluding diaryl/α,β-unsaturated/α-hetero) is 1. The summed E-state index contributed by atoms with van der Waals surface area (Å²) in [6.45, 7) is 1.90. The number of nitrogens with zero attached hydrogens (tertiary/aromatic N) is 2. The van der Waals surface area contributed by atoms with Gasteiger partial charge in [0.15, 0.2) is 10.9 Å².